The lowest BCUT2D eigenvalue weighted by molar-refractivity contribution is 0.0389. The number of hydrogen-bond acceptors (Lipinski definition) is 3. The third kappa shape index (κ3) is 1.79. The molecule has 0 bridgehead atoms. The minimum Gasteiger partial charge on any atom is -0.374 e. The molecule has 0 aromatic rings. The second-order valence-corrected chi connectivity index (χ2v) is 2.49. The van der Waals surface area contributed by atoms with Gasteiger partial charge in [-0.25, -0.2) is 0 Å². The van der Waals surface area contributed by atoms with Crippen molar-refractivity contribution in [3.8, 4) is 0 Å². The van der Waals surface area contributed by atoms with Gasteiger partial charge in [0.25, 0.3) is 0 Å². The summed E-state index contributed by atoms with van der Waals surface area (Å²) in [6.07, 6.45) is 2.45. The lowest BCUT2D eigenvalue weighted by atomic mass is 10.1. The van der Waals surface area contributed by atoms with Crippen molar-refractivity contribution in [2.24, 2.45) is 11.5 Å². The van der Waals surface area contributed by atoms with Gasteiger partial charge in [0.15, 0.2) is 0 Å². The molecular weight excluding hydrogens is 140 g/mol. The highest BCUT2D eigenvalue weighted by Gasteiger charge is 2.34. The summed E-state index contributed by atoms with van der Waals surface area (Å²) in [6, 6.07) is -0.206. The predicted molar refractivity (Wildman–Crippen MR) is 38.2 cm³/mol. The van der Waals surface area contributed by atoms with Gasteiger partial charge in [-0.3, -0.25) is 0 Å². The van der Waals surface area contributed by atoms with Crippen LogP contribution in [0.25, 0.3) is 0 Å². The molecule has 0 spiro atoms. The number of rotatable bonds is 0. The Morgan fingerprint density at radius 2 is 2.11 bits per heavy atom. The number of nitrogens with two attached hydrogens (primary N) is 2. The van der Waals surface area contributed by atoms with Gasteiger partial charge < -0.3 is 16.6 Å². The Kier molecular flexibility index (Phi) is 2.89. The number of hydrogen-bond donors (Lipinski definition) is 3. The SMILES string of the molecule is Cl.NC1CCCC1(N)O. The van der Waals surface area contributed by atoms with E-state index in [1.54, 1.807) is 0 Å². The Balaban J connectivity index is 0.000000640. The van der Waals surface area contributed by atoms with Crippen LogP contribution in [0.15, 0.2) is 0 Å². The molecule has 2 unspecified atom stereocenters. The molecule has 9 heavy (non-hydrogen) atoms. The van der Waals surface area contributed by atoms with E-state index in [0.717, 1.165) is 12.8 Å². The first kappa shape index (κ1) is 9.17. The van der Waals surface area contributed by atoms with Gasteiger partial charge in [-0.2, -0.15) is 0 Å². The summed E-state index contributed by atoms with van der Waals surface area (Å²) in [6.45, 7) is 0. The van der Waals surface area contributed by atoms with E-state index in [2.05, 4.69) is 0 Å². The Hall–Kier alpha value is 0.170. The zero-order chi connectivity index (χ0) is 6.20. The summed E-state index contributed by atoms with van der Waals surface area (Å²) < 4.78 is 0. The molecule has 1 saturated carbocycles. The van der Waals surface area contributed by atoms with Crippen molar-refractivity contribution < 1.29 is 5.11 Å². The van der Waals surface area contributed by atoms with Crippen LogP contribution in [0.4, 0.5) is 0 Å². The maximum atomic E-state index is 9.12. The van der Waals surface area contributed by atoms with Gasteiger partial charge in [-0.1, -0.05) is 0 Å². The van der Waals surface area contributed by atoms with Crippen molar-refractivity contribution in [3.63, 3.8) is 0 Å². The van der Waals surface area contributed by atoms with Crippen LogP contribution in [0.2, 0.25) is 0 Å². The average molecular weight is 153 g/mol. The highest BCUT2D eigenvalue weighted by atomic mass is 35.5. The summed E-state index contributed by atoms with van der Waals surface area (Å²) in [5.74, 6) is 0. The maximum absolute atomic E-state index is 9.12. The zero-order valence-corrected chi connectivity index (χ0v) is 6.03. The molecule has 56 valence electrons. The van der Waals surface area contributed by atoms with E-state index in [1.807, 2.05) is 0 Å². The first-order chi connectivity index (χ1) is 3.63. The molecule has 2 atom stereocenters. The fourth-order valence-corrected chi connectivity index (χ4v) is 1.04. The molecule has 0 saturated heterocycles. The van der Waals surface area contributed by atoms with Crippen molar-refractivity contribution in [1.82, 2.24) is 0 Å². The van der Waals surface area contributed by atoms with Crippen molar-refractivity contribution in [2.75, 3.05) is 0 Å². The molecule has 0 aromatic heterocycles. The van der Waals surface area contributed by atoms with Gasteiger partial charge in [0.1, 0.15) is 5.72 Å². The van der Waals surface area contributed by atoms with E-state index >= 15 is 0 Å². The molecule has 0 aromatic carbocycles. The van der Waals surface area contributed by atoms with Crippen LogP contribution < -0.4 is 11.5 Å². The fourth-order valence-electron chi connectivity index (χ4n) is 1.04. The molecule has 1 aliphatic rings. The number of aliphatic hydroxyl groups is 1. The quantitative estimate of drug-likeness (QED) is 0.413. The van der Waals surface area contributed by atoms with Gasteiger partial charge >= 0.3 is 0 Å². The number of halogens is 1. The van der Waals surface area contributed by atoms with E-state index in [-0.39, 0.29) is 18.4 Å². The normalized spacial score (nSPS) is 42.3. The van der Waals surface area contributed by atoms with Crippen molar-refractivity contribution >= 4 is 12.4 Å². The summed E-state index contributed by atoms with van der Waals surface area (Å²) >= 11 is 0. The molecule has 0 aliphatic heterocycles. The van der Waals surface area contributed by atoms with Gasteiger partial charge in [0, 0.05) is 6.04 Å². The van der Waals surface area contributed by atoms with Crippen LogP contribution in [0, 0.1) is 0 Å². The summed E-state index contributed by atoms with van der Waals surface area (Å²) in [5, 5.41) is 9.12. The molecule has 3 nitrogen and oxygen atoms in total. The molecule has 1 fully saturated rings. The monoisotopic (exact) mass is 152 g/mol. The fraction of sp³-hybridized carbons (Fsp3) is 1.00. The van der Waals surface area contributed by atoms with Crippen molar-refractivity contribution in [3.05, 3.63) is 0 Å². The molecule has 0 amide bonds. The smallest absolute Gasteiger partial charge is 0.128 e. The minimum absolute atomic E-state index is 0. The van der Waals surface area contributed by atoms with E-state index in [4.69, 9.17) is 16.6 Å². The largest absolute Gasteiger partial charge is 0.374 e. The van der Waals surface area contributed by atoms with Gasteiger partial charge in [0.2, 0.25) is 0 Å². The predicted octanol–water partition coefficient (Wildman–Crippen LogP) is -0.433. The topological polar surface area (TPSA) is 72.3 Å². The molecule has 0 radical (unpaired) electrons. The highest BCUT2D eigenvalue weighted by molar-refractivity contribution is 5.85. The van der Waals surface area contributed by atoms with Gasteiger partial charge in [0.05, 0.1) is 0 Å². The molecular formula is C5H13ClN2O. The zero-order valence-electron chi connectivity index (χ0n) is 5.21. The van der Waals surface area contributed by atoms with E-state index < -0.39 is 5.72 Å². The molecule has 0 heterocycles. The standard InChI is InChI=1S/C5H12N2O.ClH/c6-4-2-1-3-5(4,7)8;/h4,8H,1-3,6-7H2;1H. The lowest BCUT2D eigenvalue weighted by Gasteiger charge is -2.20. The first-order valence-electron chi connectivity index (χ1n) is 2.90. The first-order valence-corrected chi connectivity index (χ1v) is 2.90. The molecule has 1 rings (SSSR count). The van der Waals surface area contributed by atoms with Crippen molar-refractivity contribution in [1.29, 1.82) is 0 Å². The van der Waals surface area contributed by atoms with Crippen molar-refractivity contribution in [2.45, 2.75) is 31.0 Å². The third-order valence-corrected chi connectivity index (χ3v) is 1.73. The highest BCUT2D eigenvalue weighted by Crippen LogP contribution is 2.22. The Labute approximate surface area is 60.8 Å². The van der Waals surface area contributed by atoms with Crippen LogP contribution in [0.3, 0.4) is 0 Å². The van der Waals surface area contributed by atoms with E-state index in [1.165, 1.54) is 0 Å². The van der Waals surface area contributed by atoms with Gasteiger partial charge in [-0.15, -0.1) is 12.4 Å². The van der Waals surface area contributed by atoms with Crippen LogP contribution in [0.1, 0.15) is 19.3 Å². The molecule has 4 heteroatoms. The molecule has 5 N–H and O–H groups in total. The van der Waals surface area contributed by atoms with Gasteiger partial charge in [-0.05, 0) is 19.3 Å². The summed E-state index contributed by atoms with van der Waals surface area (Å²) in [5.41, 5.74) is 9.72. The van der Waals surface area contributed by atoms with E-state index in [9.17, 15) is 0 Å². The third-order valence-electron chi connectivity index (χ3n) is 1.73. The Morgan fingerprint density at radius 3 is 2.22 bits per heavy atom. The minimum atomic E-state index is -1.07. The van der Waals surface area contributed by atoms with Crippen LogP contribution >= 0.6 is 12.4 Å². The van der Waals surface area contributed by atoms with Crippen LogP contribution in [-0.2, 0) is 0 Å². The van der Waals surface area contributed by atoms with E-state index in [0.29, 0.717) is 6.42 Å². The summed E-state index contributed by atoms with van der Waals surface area (Å²) in [7, 11) is 0. The average Bonchev–Trinajstić information content (AvgIpc) is 1.86. The Bertz CT molecular complexity index is 97.0. The maximum Gasteiger partial charge on any atom is 0.128 e. The Morgan fingerprint density at radius 1 is 1.56 bits per heavy atom. The lowest BCUT2D eigenvalue weighted by Crippen LogP contribution is -2.51. The van der Waals surface area contributed by atoms with Crippen LogP contribution in [-0.4, -0.2) is 16.9 Å². The van der Waals surface area contributed by atoms with Crippen LogP contribution in [0.5, 0.6) is 0 Å². The second kappa shape index (κ2) is 2.84. The second-order valence-electron chi connectivity index (χ2n) is 2.49. The molecule has 1 aliphatic carbocycles. The summed E-state index contributed by atoms with van der Waals surface area (Å²) in [4.78, 5) is 0.